The number of ether oxygens (including phenoxy) is 1. The Morgan fingerprint density at radius 1 is 1.12 bits per heavy atom. The molecule has 8 heteroatoms. The number of hydrogen-bond acceptors (Lipinski definition) is 4. The van der Waals surface area contributed by atoms with E-state index in [1.165, 1.54) is 12.1 Å². The van der Waals surface area contributed by atoms with Crippen molar-refractivity contribution >= 4 is 5.69 Å². The van der Waals surface area contributed by atoms with Crippen LogP contribution >= 0.6 is 0 Å². The van der Waals surface area contributed by atoms with Crippen LogP contribution in [0.25, 0.3) is 0 Å². The van der Waals surface area contributed by atoms with Crippen molar-refractivity contribution < 1.29 is 22.8 Å². The van der Waals surface area contributed by atoms with E-state index < -0.39 is 28.9 Å². The summed E-state index contributed by atoms with van der Waals surface area (Å²) in [7, 11) is 3.75. The summed E-state index contributed by atoms with van der Waals surface area (Å²) in [5.74, 6) is -1.22. The average molecular weight is 366 g/mol. The van der Waals surface area contributed by atoms with Gasteiger partial charge in [0, 0.05) is 24.6 Å². The van der Waals surface area contributed by atoms with Gasteiger partial charge >= 0.3 is 11.8 Å². The summed E-state index contributed by atoms with van der Waals surface area (Å²) in [6.07, 6.45) is -3.16. The number of allylic oxidation sites excluding steroid dienone is 1. The fourth-order valence-corrected chi connectivity index (χ4v) is 2.34. The molecule has 0 N–H and O–H groups in total. The van der Waals surface area contributed by atoms with Gasteiger partial charge in [0.05, 0.1) is 4.92 Å². The Hall–Kier alpha value is -2.87. The summed E-state index contributed by atoms with van der Waals surface area (Å²) in [5, 5.41) is 11.3. The summed E-state index contributed by atoms with van der Waals surface area (Å²) in [4.78, 5) is 12.5. The Bertz CT molecular complexity index is 834. The molecule has 0 aliphatic rings. The second-order valence-electron chi connectivity index (χ2n) is 5.85. The number of nitro groups is 1. The van der Waals surface area contributed by atoms with Gasteiger partial charge in [-0.25, -0.2) is 4.39 Å². The van der Waals surface area contributed by atoms with E-state index in [1.807, 2.05) is 31.1 Å². The molecular formula is C18H17F3N2O3. The first kappa shape index (κ1) is 19.5. The van der Waals surface area contributed by atoms with E-state index in [9.17, 15) is 23.3 Å². The zero-order valence-electron chi connectivity index (χ0n) is 14.2. The third kappa shape index (κ3) is 5.06. The largest absolute Gasteiger partial charge is 0.450 e. The normalized spacial score (nSPS) is 10.7. The van der Waals surface area contributed by atoms with Crippen LogP contribution < -0.4 is 4.74 Å². The fraction of sp³-hybridized carbons (Fsp3) is 0.222. The van der Waals surface area contributed by atoms with Gasteiger partial charge in [0.15, 0.2) is 5.83 Å². The van der Waals surface area contributed by atoms with Crippen molar-refractivity contribution in [3.63, 3.8) is 0 Å². The summed E-state index contributed by atoms with van der Waals surface area (Å²) in [6.45, 7) is 0.563. The van der Waals surface area contributed by atoms with Crippen molar-refractivity contribution in [1.29, 1.82) is 0 Å². The van der Waals surface area contributed by atoms with Crippen LogP contribution in [0.1, 0.15) is 11.1 Å². The summed E-state index contributed by atoms with van der Waals surface area (Å²) in [5.41, 5.74) is 0.453. The zero-order chi connectivity index (χ0) is 19.3. The van der Waals surface area contributed by atoms with Gasteiger partial charge in [0.2, 0.25) is 5.75 Å². The van der Waals surface area contributed by atoms with Crippen LogP contribution in [0.15, 0.2) is 54.4 Å². The van der Waals surface area contributed by atoms with Gasteiger partial charge in [-0.1, -0.05) is 24.3 Å². The first-order valence-corrected chi connectivity index (χ1v) is 7.65. The molecule has 0 aliphatic carbocycles. The molecule has 5 nitrogen and oxygen atoms in total. The molecule has 0 saturated carbocycles. The van der Waals surface area contributed by atoms with E-state index in [0.717, 1.165) is 11.6 Å². The summed E-state index contributed by atoms with van der Waals surface area (Å²) < 4.78 is 43.2. The van der Waals surface area contributed by atoms with E-state index in [2.05, 4.69) is 0 Å². The first-order chi connectivity index (χ1) is 12.3. The third-order valence-corrected chi connectivity index (χ3v) is 3.46. The molecule has 0 spiro atoms. The lowest BCUT2D eigenvalue weighted by molar-refractivity contribution is -0.385. The van der Waals surface area contributed by atoms with Crippen LogP contribution in [0.5, 0.6) is 11.5 Å². The molecule has 0 radical (unpaired) electrons. The van der Waals surface area contributed by atoms with Crippen LogP contribution in [0.2, 0.25) is 0 Å². The smallest absolute Gasteiger partial charge is 0.311 e. The lowest BCUT2D eigenvalue weighted by Crippen LogP contribution is -2.11. The Morgan fingerprint density at radius 3 is 2.42 bits per heavy atom. The van der Waals surface area contributed by atoms with Crippen LogP contribution in [-0.4, -0.2) is 23.9 Å². The molecule has 26 heavy (non-hydrogen) atoms. The van der Waals surface area contributed by atoms with Gasteiger partial charge in [-0.15, -0.1) is 0 Å². The first-order valence-electron chi connectivity index (χ1n) is 7.65. The molecule has 0 aromatic heterocycles. The van der Waals surface area contributed by atoms with E-state index in [0.29, 0.717) is 12.3 Å². The highest BCUT2D eigenvalue weighted by atomic mass is 19.3. The van der Waals surface area contributed by atoms with Gasteiger partial charge in [0.1, 0.15) is 5.75 Å². The van der Waals surface area contributed by atoms with Crippen molar-refractivity contribution in [3.8, 4) is 11.5 Å². The molecule has 0 amide bonds. The Balaban J connectivity index is 2.36. The van der Waals surface area contributed by atoms with Crippen LogP contribution in [0.3, 0.4) is 0 Å². The molecule has 0 saturated heterocycles. The van der Waals surface area contributed by atoms with Crippen molar-refractivity contribution in [2.45, 2.75) is 13.0 Å². The minimum absolute atomic E-state index is 0.0462. The fourth-order valence-electron chi connectivity index (χ4n) is 2.34. The second kappa shape index (κ2) is 8.48. The number of halogens is 3. The average Bonchev–Trinajstić information content (AvgIpc) is 2.57. The lowest BCUT2D eigenvalue weighted by Gasteiger charge is -2.15. The van der Waals surface area contributed by atoms with Crippen molar-refractivity contribution in [3.05, 3.63) is 75.6 Å². The Kier molecular flexibility index (Phi) is 6.35. The molecule has 2 rings (SSSR count). The highest BCUT2D eigenvalue weighted by Gasteiger charge is 2.19. The number of nitrogens with zero attached hydrogens (tertiary/aromatic N) is 2. The van der Waals surface area contributed by atoms with Crippen molar-refractivity contribution in [2.24, 2.45) is 0 Å². The van der Waals surface area contributed by atoms with E-state index >= 15 is 0 Å². The molecule has 2 aromatic rings. The Labute approximate surface area is 148 Å². The second-order valence-corrected chi connectivity index (χ2v) is 5.85. The molecule has 0 fully saturated rings. The molecule has 0 heterocycles. The van der Waals surface area contributed by atoms with Gasteiger partial charge in [0.25, 0.3) is 0 Å². The maximum atomic E-state index is 13.1. The zero-order valence-corrected chi connectivity index (χ0v) is 14.2. The van der Waals surface area contributed by atoms with Gasteiger partial charge in [-0.2, -0.15) is 8.78 Å². The maximum Gasteiger partial charge on any atom is 0.311 e. The molecule has 138 valence electrons. The highest BCUT2D eigenvalue weighted by Crippen LogP contribution is 2.34. The van der Waals surface area contributed by atoms with Gasteiger partial charge in [-0.3, -0.25) is 10.1 Å². The predicted octanol–water partition coefficient (Wildman–Crippen LogP) is 5.07. The van der Waals surface area contributed by atoms with E-state index in [1.54, 1.807) is 12.1 Å². The number of benzene rings is 2. The number of para-hydroxylation sites is 1. The van der Waals surface area contributed by atoms with Crippen molar-refractivity contribution in [1.82, 2.24) is 4.90 Å². The molecule has 0 unspecified atom stereocenters. The quantitative estimate of drug-likeness (QED) is 0.507. The summed E-state index contributed by atoms with van der Waals surface area (Å²) in [6, 6.07) is 10.7. The molecule has 0 bridgehead atoms. The van der Waals surface area contributed by atoms with Crippen LogP contribution in [0.4, 0.5) is 18.9 Å². The topological polar surface area (TPSA) is 55.6 Å². The SMILES string of the molecule is CN(C)Cc1ccccc1Oc1ccc(CC(F)=C(F)F)cc1[N+](=O)[O-]. The van der Waals surface area contributed by atoms with Crippen LogP contribution in [-0.2, 0) is 13.0 Å². The summed E-state index contributed by atoms with van der Waals surface area (Å²) >= 11 is 0. The minimum Gasteiger partial charge on any atom is -0.450 e. The molecule has 0 aliphatic heterocycles. The van der Waals surface area contributed by atoms with Gasteiger partial charge < -0.3 is 9.64 Å². The maximum absolute atomic E-state index is 13.1. The number of rotatable bonds is 7. The molecular weight excluding hydrogens is 349 g/mol. The van der Waals surface area contributed by atoms with Crippen LogP contribution in [0, 0.1) is 10.1 Å². The minimum atomic E-state index is -2.44. The molecule has 2 aromatic carbocycles. The van der Waals surface area contributed by atoms with E-state index in [-0.39, 0.29) is 11.3 Å². The lowest BCUT2D eigenvalue weighted by atomic mass is 10.1. The Morgan fingerprint density at radius 2 is 1.81 bits per heavy atom. The van der Waals surface area contributed by atoms with Crippen molar-refractivity contribution in [2.75, 3.05) is 14.1 Å². The monoisotopic (exact) mass is 366 g/mol. The molecule has 0 atom stereocenters. The third-order valence-electron chi connectivity index (χ3n) is 3.46. The number of nitro benzene ring substituents is 1. The van der Waals surface area contributed by atoms with Gasteiger partial charge in [-0.05, 0) is 31.8 Å². The predicted molar refractivity (Wildman–Crippen MR) is 91.1 cm³/mol. The number of hydrogen-bond donors (Lipinski definition) is 0. The van der Waals surface area contributed by atoms with E-state index in [4.69, 9.17) is 4.74 Å². The highest BCUT2D eigenvalue weighted by molar-refractivity contribution is 5.52. The standard InChI is InChI=1S/C18H17F3N2O3/c1-22(2)11-13-5-3-4-6-16(13)26-17-8-7-12(9-14(19)18(20)21)10-15(17)23(24)25/h3-8,10H,9,11H2,1-2H3.